The molecule has 3 rings (SSSR count). The first-order chi connectivity index (χ1) is 10.1. The van der Waals surface area contributed by atoms with E-state index in [1.165, 1.54) is 5.56 Å². The van der Waals surface area contributed by atoms with Crippen LogP contribution in [0.2, 0.25) is 0 Å². The first-order valence-electron chi connectivity index (χ1n) is 7.48. The zero-order valence-electron chi connectivity index (χ0n) is 12.6. The van der Waals surface area contributed by atoms with Crippen molar-refractivity contribution in [1.29, 1.82) is 0 Å². The Kier molecular flexibility index (Phi) is 3.53. The second kappa shape index (κ2) is 5.35. The molecule has 1 heterocycles. The van der Waals surface area contributed by atoms with E-state index in [1.54, 1.807) is 0 Å². The number of aromatic nitrogens is 2. The number of hydrogen-bond donors (Lipinski definition) is 2. The van der Waals surface area contributed by atoms with Crippen LogP contribution in [0.25, 0.3) is 0 Å². The smallest absolute Gasteiger partial charge is 0.231 e. The quantitative estimate of drug-likeness (QED) is 0.883. The van der Waals surface area contributed by atoms with Gasteiger partial charge in [-0.15, -0.1) is 0 Å². The molecule has 1 saturated carbocycles. The summed E-state index contributed by atoms with van der Waals surface area (Å²) in [6.07, 6.45) is 3.82. The van der Waals surface area contributed by atoms with Crippen molar-refractivity contribution in [2.75, 3.05) is 5.32 Å². The van der Waals surface area contributed by atoms with Gasteiger partial charge in [-0.1, -0.05) is 30.3 Å². The Morgan fingerprint density at radius 3 is 2.57 bits per heavy atom. The number of H-pyrrole nitrogens is 1. The summed E-state index contributed by atoms with van der Waals surface area (Å²) in [7, 11) is 0. The van der Waals surface area contributed by atoms with Gasteiger partial charge in [-0.3, -0.25) is 9.89 Å². The van der Waals surface area contributed by atoms with E-state index in [0.717, 1.165) is 36.9 Å². The summed E-state index contributed by atoms with van der Waals surface area (Å²) in [5, 5.41) is 10.1. The lowest BCUT2D eigenvalue weighted by Crippen LogP contribution is -2.25. The third-order valence-corrected chi connectivity index (χ3v) is 4.56. The predicted molar refractivity (Wildman–Crippen MR) is 83.1 cm³/mol. The third-order valence-electron chi connectivity index (χ3n) is 4.56. The highest BCUT2D eigenvalue weighted by atomic mass is 16.2. The Morgan fingerprint density at radius 2 is 2.00 bits per heavy atom. The van der Waals surface area contributed by atoms with E-state index in [4.69, 9.17) is 0 Å². The van der Waals surface area contributed by atoms with Crippen LogP contribution in [0.4, 0.5) is 5.82 Å². The molecular weight excluding hydrogens is 262 g/mol. The molecule has 0 unspecified atom stereocenters. The standard InChI is InChI=1S/C17H21N3O/c1-12-13(2)19-20-15(12)18-16(21)17(10-11-17)9-8-14-6-4-3-5-7-14/h3-7H,8-11H2,1-2H3,(H2,18,19,20,21). The van der Waals surface area contributed by atoms with Crippen molar-refractivity contribution in [3.8, 4) is 0 Å². The Labute approximate surface area is 125 Å². The number of anilines is 1. The maximum Gasteiger partial charge on any atom is 0.231 e. The van der Waals surface area contributed by atoms with Crippen molar-refractivity contribution in [3.05, 3.63) is 47.2 Å². The van der Waals surface area contributed by atoms with Crippen molar-refractivity contribution in [2.24, 2.45) is 5.41 Å². The van der Waals surface area contributed by atoms with E-state index < -0.39 is 0 Å². The fourth-order valence-electron chi connectivity index (χ4n) is 2.62. The van der Waals surface area contributed by atoms with Crippen LogP contribution in [0.1, 0.15) is 36.1 Å². The fraction of sp³-hybridized carbons (Fsp3) is 0.412. The second-order valence-corrected chi connectivity index (χ2v) is 6.04. The molecule has 0 bridgehead atoms. The van der Waals surface area contributed by atoms with Crippen LogP contribution < -0.4 is 5.32 Å². The van der Waals surface area contributed by atoms with E-state index in [9.17, 15) is 4.79 Å². The average Bonchev–Trinajstić information content (AvgIpc) is 3.24. The van der Waals surface area contributed by atoms with Crippen LogP contribution in [-0.2, 0) is 11.2 Å². The molecule has 1 aromatic carbocycles. The Balaban J connectivity index is 1.63. The van der Waals surface area contributed by atoms with Crippen molar-refractivity contribution < 1.29 is 4.79 Å². The maximum absolute atomic E-state index is 12.5. The normalized spacial score (nSPS) is 15.7. The number of amides is 1. The number of nitrogens with one attached hydrogen (secondary N) is 2. The van der Waals surface area contributed by atoms with Crippen molar-refractivity contribution in [2.45, 2.75) is 39.5 Å². The van der Waals surface area contributed by atoms with Gasteiger partial charge in [-0.05, 0) is 45.1 Å². The number of aromatic amines is 1. The second-order valence-electron chi connectivity index (χ2n) is 6.04. The molecule has 0 spiro atoms. The van der Waals surface area contributed by atoms with Gasteiger partial charge >= 0.3 is 0 Å². The van der Waals surface area contributed by atoms with E-state index in [1.807, 2.05) is 32.0 Å². The Morgan fingerprint density at radius 1 is 1.29 bits per heavy atom. The third kappa shape index (κ3) is 2.84. The van der Waals surface area contributed by atoms with Crippen LogP contribution in [0.5, 0.6) is 0 Å². The molecule has 1 fully saturated rings. The molecule has 2 aromatic rings. The molecule has 2 N–H and O–H groups in total. The molecule has 4 heteroatoms. The average molecular weight is 283 g/mol. The topological polar surface area (TPSA) is 57.8 Å². The lowest BCUT2D eigenvalue weighted by atomic mass is 9.96. The van der Waals surface area contributed by atoms with E-state index >= 15 is 0 Å². The lowest BCUT2D eigenvalue weighted by Gasteiger charge is -2.14. The van der Waals surface area contributed by atoms with Crippen molar-refractivity contribution >= 4 is 11.7 Å². The summed E-state index contributed by atoms with van der Waals surface area (Å²) in [4.78, 5) is 12.5. The monoisotopic (exact) mass is 283 g/mol. The Hall–Kier alpha value is -2.10. The van der Waals surface area contributed by atoms with Crippen LogP contribution in [0, 0.1) is 19.3 Å². The molecule has 1 aliphatic carbocycles. The summed E-state index contributed by atoms with van der Waals surface area (Å²) < 4.78 is 0. The van der Waals surface area contributed by atoms with Gasteiger partial charge in [-0.25, -0.2) is 0 Å². The van der Waals surface area contributed by atoms with Gasteiger partial charge in [0.1, 0.15) is 0 Å². The van der Waals surface area contributed by atoms with E-state index in [2.05, 4.69) is 27.6 Å². The Bertz CT molecular complexity index is 641. The molecule has 0 atom stereocenters. The largest absolute Gasteiger partial charge is 0.309 e. The van der Waals surface area contributed by atoms with Crippen molar-refractivity contribution in [3.63, 3.8) is 0 Å². The van der Waals surface area contributed by atoms with Gasteiger partial charge in [0.25, 0.3) is 0 Å². The zero-order chi connectivity index (χ0) is 14.9. The van der Waals surface area contributed by atoms with Gasteiger partial charge in [0.2, 0.25) is 5.91 Å². The van der Waals surface area contributed by atoms with Crippen LogP contribution >= 0.6 is 0 Å². The first kappa shape index (κ1) is 13.9. The number of hydrogen-bond acceptors (Lipinski definition) is 2. The SMILES string of the molecule is Cc1[nH]nc(NC(=O)C2(CCc3ccccc3)CC2)c1C. The molecular formula is C17H21N3O. The fourth-order valence-corrected chi connectivity index (χ4v) is 2.62. The molecule has 0 radical (unpaired) electrons. The lowest BCUT2D eigenvalue weighted by molar-refractivity contribution is -0.121. The number of carbonyl (C=O) groups is 1. The molecule has 1 aromatic heterocycles. The summed E-state index contributed by atoms with van der Waals surface area (Å²) in [6, 6.07) is 10.4. The van der Waals surface area contributed by atoms with E-state index in [-0.39, 0.29) is 11.3 Å². The van der Waals surface area contributed by atoms with Crippen LogP contribution in [0.3, 0.4) is 0 Å². The molecule has 21 heavy (non-hydrogen) atoms. The highest BCUT2D eigenvalue weighted by molar-refractivity contribution is 5.97. The summed E-state index contributed by atoms with van der Waals surface area (Å²) >= 11 is 0. The van der Waals surface area contributed by atoms with Crippen LogP contribution in [-0.4, -0.2) is 16.1 Å². The highest BCUT2D eigenvalue weighted by Crippen LogP contribution is 2.50. The number of aryl methyl sites for hydroxylation is 2. The molecule has 1 amide bonds. The predicted octanol–water partition coefficient (Wildman–Crippen LogP) is 3.38. The minimum atomic E-state index is -0.185. The first-order valence-corrected chi connectivity index (χ1v) is 7.48. The van der Waals surface area contributed by atoms with Gasteiger partial charge in [-0.2, -0.15) is 5.10 Å². The summed E-state index contributed by atoms with van der Waals surface area (Å²) in [6.45, 7) is 3.93. The molecule has 110 valence electrons. The number of benzene rings is 1. The van der Waals surface area contributed by atoms with E-state index in [0.29, 0.717) is 5.82 Å². The number of nitrogens with zero attached hydrogens (tertiary/aromatic N) is 1. The molecule has 1 aliphatic rings. The van der Waals surface area contributed by atoms with Gasteiger partial charge in [0, 0.05) is 16.7 Å². The molecule has 0 aliphatic heterocycles. The maximum atomic E-state index is 12.5. The van der Waals surface area contributed by atoms with Gasteiger partial charge in [0.15, 0.2) is 5.82 Å². The van der Waals surface area contributed by atoms with Crippen LogP contribution in [0.15, 0.2) is 30.3 Å². The summed E-state index contributed by atoms with van der Waals surface area (Å²) in [5.74, 6) is 0.788. The minimum Gasteiger partial charge on any atom is -0.309 e. The molecule has 4 nitrogen and oxygen atoms in total. The number of carbonyl (C=O) groups excluding carboxylic acids is 1. The number of rotatable bonds is 5. The minimum absolute atomic E-state index is 0.119. The summed E-state index contributed by atoms with van der Waals surface area (Å²) in [5.41, 5.74) is 3.12. The molecule has 0 saturated heterocycles. The van der Waals surface area contributed by atoms with Crippen molar-refractivity contribution in [1.82, 2.24) is 10.2 Å². The highest BCUT2D eigenvalue weighted by Gasteiger charge is 2.49. The zero-order valence-corrected chi connectivity index (χ0v) is 12.6. The van der Waals surface area contributed by atoms with Gasteiger partial charge < -0.3 is 5.32 Å². The van der Waals surface area contributed by atoms with Gasteiger partial charge in [0.05, 0.1) is 0 Å².